The van der Waals surface area contributed by atoms with E-state index in [9.17, 15) is 9.18 Å². The second-order valence-corrected chi connectivity index (χ2v) is 4.19. The highest BCUT2D eigenvalue weighted by Gasteiger charge is 2.33. The number of carboxylic acid groups (broad SMARTS) is 1. The van der Waals surface area contributed by atoms with Crippen LogP contribution in [0.25, 0.3) is 0 Å². The van der Waals surface area contributed by atoms with Crippen LogP contribution in [0.15, 0.2) is 0 Å². The smallest absolute Gasteiger partial charge is 0.329 e. The third-order valence-corrected chi connectivity index (χ3v) is 2.60. The van der Waals surface area contributed by atoms with Gasteiger partial charge in [-0.2, -0.15) is 0 Å². The van der Waals surface area contributed by atoms with E-state index in [0.29, 0.717) is 19.6 Å². The maximum absolute atomic E-state index is 13.2. The summed E-state index contributed by atoms with van der Waals surface area (Å²) in [6, 6.07) is 0.281. The van der Waals surface area contributed by atoms with Gasteiger partial charge in [0.1, 0.15) is 12.8 Å². The van der Waals surface area contributed by atoms with Crippen molar-refractivity contribution in [3.8, 4) is 0 Å². The Kier molecular flexibility index (Phi) is 4.47. The van der Waals surface area contributed by atoms with Crippen molar-refractivity contribution in [2.24, 2.45) is 0 Å². The first-order valence-electron chi connectivity index (χ1n) is 5.20. The number of aliphatic carboxylic acids is 1. The SMILES string of the molecule is CC(C)N1CC(F)CC1COCC(=O)O. The molecule has 0 radical (unpaired) electrons. The lowest BCUT2D eigenvalue weighted by Crippen LogP contribution is -2.38. The predicted molar refractivity (Wildman–Crippen MR) is 53.6 cm³/mol. The van der Waals surface area contributed by atoms with Gasteiger partial charge >= 0.3 is 5.97 Å². The maximum atomic E-state index is 13.2. The number of hydrogen-bond acceptors (Lipinski definition) is 3. The molecule has 0 amide bonds. The Hall–Kier alpha value is -0.680. The van der Waals surface area contributed by atoms with Crippen molar-refractivity contribution in [2.45, 2.75) is 38.5 Å². The molecule has 1 saturated heterocycles. The molecule has 0 aromatic heterocycles. The molecule has 2 unspecified atom stereocenters. The fourth-order valence-corrected chi connectivity index (χ4v) is 1.96. The summed E-state index contributed by atoms with van der Waals surface area (Å²) < 4.78 is 18.2. The van der Waals surface area contributed by atoms with Crippen LogP contribution in [0.5, 0.6) is 0 Å². The molecule has 1 rings (SSSR count). The van der Waals surface area contributed by atoms with Crippen molar-refractivity contribution >= 4 is 5.97 Å². The molecule has 0 saturated carbocycles. The number of carboxylic acids is 1. The van der Waals surface area contributed by atoms with Crippen LogP contribution in [0.1, 0.15) is 20.3 Å². The molecule has 15 heavy (non-hydrogen) atoms. The number of ether oxygens (including phenoxy) is 1. The molecule has 1 fully saturated rings. The number of nitrogens with zero attached hydrogens (tertiary/aromatic N) is 1. The van der Waals surface area contributed by atoms with Crippen molar-refractivity contribution in [2.75, 3.05) is 19.8 Å². The van der Waals surface area contributed by atoms with Crippen LogP contribution in [0, 0.1) is 0 Å². The van der Waals surface area contributed by atoms with Crippen molar-refractivity contribution in [1.29, 1.82) is 0 Å². The van der Waals surface area contributed by atoms with Gasteiger partial charge in [-0.25, -0.2) is 9.18 Å². The lowest BCUT2D eigenvalue weighted by molar-refractivity contribution is -0.142. The van der Waals surface area contributed by atoms with Crippen molar-refractivity contribution in [3.05, 3.63) is 0 Å². The van der Waals surface area contributed by atoms with Crippen molar-refractivity contribution in [3.63, 3.8) is 0 Å². The van der Waals surface area contributed by atoms with Gasteiger partial charge in [-0.3, -0.25) is 4.90 Å². The van der Waals surface area contributed by atoms with E-state index < -0.39 is 12.1 Å². The average Bonchev–Trinajstić information content (AvgIpc) is 2.46. The summed E-state index contributed by atoms with van der Waals surface area (Å²) >= 11 is 0. The number of rotatable bonds is 5. The summed E-state index contributed by atoms with van der Waals surface area (Å²) in [6.45, 7) is 4.42. The maximum Gasteiger partial charge on any atom is 0.329 e. The molecule has 0 aromatic carbocycles. The Balaban J connectivity index is 2.35. The fourth-order valence-electron chi connectivity index (χ4n) is 1.96. The average molecular weight is 219 g/mol. The molecule has 5 heteroatoms. The standard InChI is InChI=1S/C10H18FNO3/c1-7(2)12-4-8(11)3-9(12)5-15-6-10(13)14/h7-9H,3-6H2,1-2H3,(H,13,14). The Morgan fingerprint density at radius 2 is 2.33 bits per heavy atom. The summed E-state index contributed by atoms with van der Waals surface area (Å²) in [6.07, 6.45) is -0.372. The summed E-state index contributed by atoms with van der Waals surface area (Å²) in [5.74, 6) is -0.985. The molecule has 1 aliphatic heterocycles. The van der Waals surface area contributed by atoms with Gasteiger partial charge in [0.2, 0.25) is 0 Å². The minimum absolute atomic E-state index is 0.0133. The summed E-state index contributed by atoms with van der Waals surface area (Å²) in [5.41, 5.74) is 0. The number of carbonyl (C=O) groups is 1. The molecule has 0 bridgehead atoms. The first-order chi connectivity index (χ1) is 7.00. The van der Waals surface area contributed by atoms with E-state index in [1.165, 1.54) is 0 Å². The first kappa shape index (κ1) is 12.4. The van der Waals surface area contributed by atoms with Crippen LogP contribution < -0.4 is 0 Å². The number of halogens is 1. The van der Waals surface area contributed by atoms with Gasteiger partial charge in [0.15, 0.2) is 0 Å². The van der Waals surface area contributed by atoms with Crippen LogP contribution >= 0.6 is 0 Å². The fraction of sp³-hybridized carbons (Fsp3) is 0.900. The summed E-state index contributed by atoms with van der Waals surface area (Å²) in [4.78, 5) is 12.3. The van der Waals surface area contributed by atoms with Crippen LogP contribution in [-0.4, -0.2) is 54.0 Å². The minimum atomic E-state index is -0.985. The Morgan fingerprint density at radius 3 is 2.87 bits per heavy atom. The molecule has 1 aliphatic rings. The Labute approximate surface area is 89.0 Å². The van der Waals surface area contributed by atoms with E-state index in [1.807, 2.05) is 18.7 Å². The van der Waals surface area contributed by atoms with E-state index in [1.54, 1.807) is 0 Å². The third kappa shape index (κ3) is 3.76. The highest BCUT2D eigenvalue weighted by Crippen LogP contribution is 2.22. The van der Waals surface area contributed by atoms with Crippen LogP contribution in [-0.2, 0) is 9.53 Å². The summed E-state index contributed by atoms with van der Waals surface area (Å²) in [7, 11) is 0. The molecule has 0 aliphatic carbocycles. The van der Waals surface area contributed by atoms with Gasteiger partial charge in [0.25, 0.3) is 0 Å². The second-order valence-electron chi connectivity index (χ2n) is 4.19. The topological polar surface area (TPSA) is 49.8 Å². The molecule has 0 aromatic rings. The van der Waals surface area contributed by atoms with E-state index >= 15 is 0 Å². The van der Waals surface area contributed by atoms with Crippen molar-refractivity contribution in [1.82, 2.24) is 4.90 Å². The highest BCUT2D eigenvalue weighted by atomic mass is 19.1. The van der Waals surface area contributed by atoms with Gasteiger partial charge in [0, 0.05) is 18.6 Å². The Morgan fingerprint density at radius 1 is 1.67 bits per heavy atom. The van der Waals surface area contributed by atoms with Gasteiger partial charge in [-0.1, -0.05) is 0 Å². The molecular weight excluding hydrogens is 201 g/mol. The van der Waals surface area contributed by atoms with E-state index in [-0.39, 0.29) is 18.7 Å². The van der Waals surface area contributed by atoms with Gasteiger partial charge in [-0.15, -0.1) is 0 Å². The second kappa shape index (κ2) is 5.42. The minimum Gasteiger partial charge on any atom is -0.480 e. The lowest BCUT2D eigenvalue weighted by atomic mass is 10.2. The van der Waals surface area contributed by atoms with Crippen LogP contribution in [0.3, 0.4) is 0 Å². The lowest BCUT2D eigenvalue weighted by Gasteiger charge is -2.27. The van der Waals surface area contributed by atoms with Crippen LogP contribution in [0.4, 0.5) is 4.39 Å². The zero-order chi connectivity index (χ0) is 11.4. The largest absolute Gasteiger partial charge is 0.480 e. The zero-order valence-corrected chi connectivity index (χ0v) is 9.15. The summed E-state index contributed by atoms with van der Waals surface area (Å²) in [5, 5.41) is 8.40. The first-order valence-corrected chi connectivity index (χ1v) is 5.20. The van der Waals surface area contributed by atoms with Gasteiger partial charge < -0.3 is 9.84 Å². The van der Waals surface area contributed by atoms with Gasteiger partial charge in [-0.05, 0) is 20.3 Å². The highest BCUT2D eigenvalue weighted by molar-refractivity contribution is 5.67. The normalized spacial score (nSPS) is 27.5. The molecule has 1 N–H and O–H groups in total. The van der Waals surface area contributed by atoms with E-state index in [0.717, 1.165) is 0 Å². The van der Waals surface area contributed by atoms with Crippen molar-refractivity contribution < 1.29 is 19.0 Å². The quantitative estimate of drug-likeness (QED) is 0.746. The zero-order valence-electron chi connectivity index (χ0n) is 9.15. The molecule has 88 valence electrons. The Bertz CT molecular complexity index is 223. The van der Waals surface area contributed by atoms with Crippen LogP contribution in [0.2, 0.25) is 0 Å². The molecule has 0 spiro atoms. The third-order valence-electron chi connectivity index (χ3n) is 2.60. The molecule has 4 nitrogen and oxygen atoms in total. The van der Waals surface area contributed by atoms with E-state index in [2.05, 4.69) is 0 Å². The monoisotopic (exact) mass is 219 g/mol. The number of hydrogen-bond donors (Lipinski definition) is 1. The van der Waals surface area contributed by atoms with E-state index in [4.69, 9.17) is 9.84 Å². The molecule has 1 heterocycles. The molecular formula is C10H18FNO3. The number of alkyl halides is 1. The van der Waals surface area contributed by atoms with Gasteiger partial charge in [0.05, 0.1) is 6.61 Å². The number of likely N-dealkylation sites (tertiary alicyclic amines) is 1. The molecule has 2 atom stereocenters. The predicted octanol–water partition coefficient (Wildman–Crippen LogP) is 0.908.